The maximum atomic E-state index is 13.3. The number of methoxy groups -OCH3 is 1. The summed E-state index contributed by atoms with van der Waals surface area (Å²) in [6, 6.07) is 16.6. The monoisotopic (exact) mass is 478 g/mol. The summed E-state index contributed by atoms with van der Waals surface area (Å²) < 4.78 is 34.1. The molecule has 4 rings (SSSR count). The van der Waals surface area contributed by atoms with Crippen molar-refractivity contribution in [1.82, 2.24) is 4.72 Å². The quantitative estimate of drug-likeness (QED) is 0.558. The highest BCUT2D eigenvalue weighted by molar-refractivity contribution is 7.89. The molecule has 0 radical (unpaired) electrons. The summed E-state index contributed by atoms with van der Waals surface area (Å²) in [5.41, 5.74) is 5.76. The Hall–Kier alpha value is -3.16. The van der Waals surface area contributed by atoms with Crippen LogP contribution in [-0.4, -0.2) is 27.5 Å². The average molecular weight is 479 g/mol. The van der Waals surface area contributed by atoms with E-state index < -0.39 is 10.0 Å². The molecule has 1 amide bonds. The molecule has 0 saturated heterocycles. The lowest BCUT2D eigenvalue weighted by Crippen LogP contribution is -2.35. The number of carbonyl (C=O) groups excluding carboxylic acids is 1. The number of rotatable bonds is 6. The van der Waals surface area contributed by atoms with Crippen LogP contribution in [0, 0.1) is 20.8 Å². The highest BCUT2D eigenvalue weighted by Gasteiger charge is 2.32. The molecule has 0 saturated carbocycles. The third-order valence-corrected chi connectivity index (χ3v) is 7.97. The molecule has 7 heteroatoms. The van der Waals surface area contributed by atoms with E-state index in [0.717, 1.165) is 39.9 Å². The Kier molecular flexibility index (Phi) is 6.51. The summed E-state index contributed by atoms with van der Waals surface area (Å²) in [5.74, 6) is 0.609. The largest absolute Gasteiger partial charge is 0.497 e. The molecule has 3 aromatic carbocycles. The summed E-state index contributed by atoms with van der Waals surface area (Å²) in [7, 11) is -2.09. The minimum Gasteiger partial charge on any atom is -0.497 e. The van der Waals surface area contributed by atoms with Gasteiger partial charge < -0.3 is 9.64 Å². The van der Waals surface area contributed by atoms with Crippen LogP contribution >= 0.6 is 0 Å². The van der Waals surface area contributed by atoms with Gasteiger partial charge in [0.25, 0.3) is 5.91 Å². The number of ether oxygens (including phenoxy) is 1. The van der Waals surface area contributed by atoms with Gasteiger partial charge in [0, 0.05) is 23.8 Å². The molecule has 0 spiro atoms. The van der Waals surface area contributed by atoms with Crippen LogP contribution in [-0.2, 0) is 23.0 Å². The van der Waals surface area contributed by atoms with Crippen LogP contribution in [0.1, 0.15) is 45.1 Å². The first kappa shape index (κ1) is 24.0. The summed E-state index contributed by atoms with van der Waals surface area (Å²) in [4.78, 5) is 15.4. The Morgan fingerprint density at radius 1 is 1.03 bits per heavy atom. The smallest absolute Gasteiger partial charge is 0.258 e. The topological polar surface area (TPSA) is 75.7 Å². The number of nitrogens with zero attached hydrogens (tertiary/aromatic N) is 1. The van der Waals surface area contributed by atoms with E-state index in [-0.39, 0.29) is 18.5 Å². The maximum absolute atomic E-state index is 13.3. The van der Waals surface area contributed by atoms with Crippen LogP contribution < -0.4 is 14.4 Å². The second-order valence-corrected chi connectivity index (χ2v) is 10.7. The zero-order chi connectivity index (χ0) is 24.6. The van der Waals surface area contributed by atoms with Crippen molar-refractivity contribution >= 4 is 21.6 Å². The van der Waals surface area contributed by atoms with E-state index in [4.69, 9.17) is 4.74 Å². The van der Waals surface area contributed by atoms with Crippen molar-refractivity contribution < 1.29 is 17.9 Å². The molecule has 178 valence electrons. The predicted octanol–water partition coefficient (Wildman–Crippen LogP) is 4.69. The molecule has 34 heavy (non-hydrogen) atoms. The molecule has 0 fully saturated rings. The molecule has 1 heterocycles. The van der Waals surface area contributed by atoms with Crippen LogP contribution in [0.15, 0.2) is 59.5 Å². The van der Waals surface area contributed by atoms with E-state index in [2.05, 4.69) is 4.72 Å². The Balaban J connectivity index is 1.58. The fraction of sp³-hybridized carbons (Fsp3) is 0.296. The summed E-state index contributed by atoms with van der Waals surface area (Å²) >= 11 is 0. The van der Waals surface area contributed by atoms with Crippen LogP contribution in [0.2, 0.25) is 0 Å². The van der Waals surface area contributed by atoms with Crippen molar-refractivity contribution in [2.45, 2.75) is 51.6 Å². The van der Waals surface area contributed by atoms with E-state index in [1.165, 1.54) is 0 Å². The second kappa shape index (κ2) is 9.24. The first-order valence-corrected chi connectivity index (χ1v) is 12.8. The number of sulfonamides is 1. The maximum Gasteiger partial charge on any atom is 0.258 e. The molecule has 1 aliphatic heterocycles. The van der Waals surface area contributed by atoms with E-state index in [9.17, 15) is 13.2 Å². The molecule has 0 aromatic heterocycles. The number of nitrogens with one attached hydrogen (secondary N) is 1. The lowest BCUT2D eigenvalue weighted by Gasteiger charge is -2.23. The number of aryl methyl sites for hydroxylation is 3. The summed E-state index contributed by atoms with van der Waals surface area (Å²) in [6.07, 6.45) is 0.755. The number of hydrogen-bond donors (Lipinski definition) is 1. The molecule has 0 bridgehead atoms. The average Bonchev–Trinajstić information content (AvgIpc) is 3.11. The Morgan fingerprint density at radius 2 is 1.68 bits per heavy atom. The molecule has 1 aliphatic rings. The lowest BCUT2D eigenvalue weighted by molar-refractivity contribution is 0.0981. The van der Waals surface area contributed by atoms with Crippen LogP contribution in [0.3, 0.4) is 0 Å². The molecule has 6 nitrogen and oxygen atoms in total. The number of carbonyl (C=O) groups is 1. The molecular weight excluding hydrogens is 448 g/mol. The van der Waals surface area contributed by atoms with Gasteiger partial charge in [-0.2, -0.15) is 0 Å². The Morgan fingerprint density at radius 3 is 2.29 bits per heavy atom. The highest BCUT2D eigenvalue weighted by Crippen LogP contribution is 2.34. The standard InChI is InChI=1S/C27H30N2O4S/c1-17-12-18(2)26(19(3)13-17)34(31,32)28-16-21-6-7-23-14-20(4)29(25(23)15-21)27(30)22-8-10-24(33-5)11-9-22/h6-13,15,20,28H,14,16H2,1-5H3/t20-/m1/s1. The molecular formula is C27H30N2O4S. The molecule has 0 aliphatic carbocycles. The number of amides is 1. The van der Waals surface area contributed by atoms with E-state index in [0.29, 0.717) is 16.2 Å². The van der Waals surface area contributed by atoms with Gasteiger partial charge in [-0.05, 0) is 86.7 Å². The lowest BCUT2D eigenvalue weighted by atomic mass is 10.1. The van der Waals surface area contributed by atoms with Crippen molar-refractivity contribution in [2.75, 3.05) is 12.0 Å². The normalized spacial score (nSPS) is 15.3. The van der Waals surface area contributed by atoms with Crippen molar-refractivity contribution in [1.29, 1.82) is 0 Å². The van der Waals surface area contributed by atoms with Crippen LogP contribution in [0.4, 0.5) is 5.69 Å². The van der Waals surface area contributed by atoms with Gasteiger partial charge in [0.1, 0.15) is 5.75 Å². The Labute approximate surface area is 201 Å². The van der Waals surface area contributed by atoms with E-state index in [1.807, 2.05) is 58.0 Å². The number of benzene rings is 3. The van der Waals surface area contributed by atoms with Crippen molar-refractivity contribution in [3.63, 3.8) is 0 Å². The van der Waals surface area contributed by atoms with Gasteiger partial charge in [-0.1, -0.05) is 29.8 Å². The first-order chi connectivity index (χ1) is 16.1. The molecule has 0 unspecified atom stereocenters. The minimum absolute atomic E-state index is 0.00870. The van der Waals surface area contributed by atoms with Gasteiger partial charge in [0.05, 0.1) is 12.0 Å². The van der Waals surface area contributed by atoms with Crippen LogP contribution in [0.5, 0.6) is 5.75 Å². The second-order valence-electron chi connectivity index (χ2n) is 8.97. The summed E-state index contributed by atoms with van der Waals surface area (Å²) in [5, 5.41) is 0. The summed E-state index contributed by atoms with van der Waals surface area (Å²) in [6.45, 7) is 7.74. The van der Waals surface area contributed by atoms with Gasteiger partial charge in [0.2, 0.25) is 10.0 Å². The number of fused-ring (bicyclic) bond motifs is 1. The van der Waals surface area contributed by atoms with Crippen LogP contribution in [0.25, 0.3) is 0 Å². The number of hydrogen-bond acceptors (Lipinski definition) is 4. The van der Waals surface area contributed by atoms with E-state index >= 15 is 0 Å². The van der Waals surface area contributed by atoms with Crippen molar-refractivity contribution in [3.05, 3.63) is 88.0 Å². The number of anilines is 1. The third-order valence-electron chi connectivity index (χ3n) is 6.26. The predicted molar refractivity (Wildman–Crippen MR) is 134 cm³/mol. The van der Waals surface area contributed by atoms with Gasteiger partial charge in [-0.25, -0.2) is 13.1 Å². The van der Waals surface area contributed by atoms with Crippen molar-refractivity contribution in [3.8, 4) is 5.75 Å². The highest BCUT2D eigenvalue weighted by atomic mass is 32.2. The van der Waals surface area contributed by atoms with Gasteiger partial charge >= 0.3 is 0 Å². The Bertz CT molecular complexity index is 1320. The zero-order valence-corrected chi connectivity index (χ0v) is 21.0. The fourth-order valence-corrected chi connectivity index (χ4v) is 6.25. The molecule has 3 aromatic rings. The minimum atomic E-state index is -3.68. The first-order valence-electron chi connectivity index (χ1n) is 11.3. The van der Waals surface area contributed by atoms with Crippen molar-refractivity contribution in [2.24, 2.45) is 0 Å². The van der Waals surface area contributed by atoms with Gasteiger partial charge in [-0.15, -0.1) is 0 Å². The third kappa shape index (κ3) is 4.58. The SMILES string of the molecule is COc1ccc(C(=O)N2c3cc(CNS(=O)(=O)c4c(C)cc(C)cc4C)ccc3C[C@H]2C)cc1. The molecule has 1 atom stereocenters. The molecule has 1 N–H and O–H groups in total. The van der Waals surface area contributed by atoms with Gasteiger partial charge in [-0.3, -0.25) is 4.79 Å². The van der Waals surface area contributed by atoms with E-state index in [1.54, 1.807) is 36.3 Å². The zero-order valence-electron chi connectivity index (χ0n) is 20.2. The van der Waals surface area contributed by atoms with Gasteiger partial charge in [0.15, 0.2) is 0 Å². The fourth-order valence-electron chi connectivity index (χ4n) is 4.79.